The fraction of sp³-hybridized carbons (Fsp3) is 0.200. The number of carbonyl (C=O) groups is 1. The first-order valence-electron chi connectivity index (χ1n) is 6.39. The average Bonchev–Trinajstić information content (AvgIpc) is 2.43. The van der Waals surface area contributed by atoms with Crippen LogP contribution in [-0.2, 0) is 4.79 Å². The number of primary amides is 1. The molecule has 0 fully saturated rings. The van der Waals surface area contributed by atoms with Gasteiger partial charge in [0.1, 0.15) is 4.99 Å². The van der Waals surface area contributed by atoms with Crippen molar-refractivity contribution in [2.24, 2.45) is 11.5 Å². The number of fused-ring (bicyclic) bond motifs is 1. The van der Waals surface area contributed by atoms with Crippen molar-refractivity contribution in [1.82, 2.24) is 0 Å². The van der Waals surface area contributed by atoms with Crippen molar-refractivity contribution in [3.8, 4) is 0 Å². The highest BCUT2D eigenvalue weighted by atomic mass is 32.1. The fourth-order valence-electron chi connectivity index (χ4n) is 2.33. The van der Waals surface area contributed by atoms with Crippen LogP contribution in [0.1, 0.15) is 12.5 Å². The van der Waals surface area contributed by atoms with Crippen LogP contribution >= 0.6 is 12.2 Å². The Morgan fingerprint density at radius 1 is 1.15 bits per heavy atom. The number of thiocarbonyl (C=S) groups is 1. The highest BCUT2D eigenvalue weighted by Gasteiger charge is 2.13. The van der Waals surface area contributed by atoms with Crippen molar-refractivity contribution < 1.29 is 4.79 Å². The van der Waals surface area contributed by atoms with Gasteiger partial charge in [-0.25, -0.2) is 0 Å². The first-order chi connectivity index (χ1) is 9.54. The molecule has 0 radical (unpaired) electrons. The van der Waals surface area contributed by atoms with E-state index in [1.807, 2.05) is 48.2 Å². The second kappa shape index (κ2) is 5.88. The Labute approximate surface area is 123 Å². The van der Waals surface area contributed by atoms with E-state index in [1.165, 1.54) is 0 Å². The van der Waals surface area contributed by atoms with Gasteiger partial charge in [0, 0.05) is 23.2 Å². The lowest BCUT2D eigenvalue weighted by atomic mass is 10.0. The number of anilines is 1. The van der Waals surface area contributed by atoms with E-state index in [-0.39, 0.29) is 12.5 Å². The number of nitrogens with two attached hydrogens (primary N) is 2. The summed E-state index contributed by atoms with van der Waals surface area (Å²) in [5.74, 6) is -0.352. The fourth-order valence-corrected chi connectivity index (χ4v) is 2.51. The van der Waals surface area contributed by atoms with Gasteiger partial charge >= 0.3 is 0 Å². The number of rotatable bonds is 5. The molecule has 0 aliphatic rings. The van der Waals surface area contributed by atoms with Crippen LogP contribution in [-0.4, -0.2) is 24.0 Å². The quantitative estimate of drug-likeness (QED) is 0.822. The SMILES string of the molecule is CCN(CC(N)=O)c1ccc(C(N)=S)c2ccccc12. The molecule has 2 aromatic carbocycles. The molecule has 0 saturated carbocycles. The number of hydrogen-bond donors (Lipinski definition) is 2. The van der Waals surface area contributed by atoms with Crippen molar-refractivity contribution in [3.63, 3.8) is 0 Å². The zero-order chi connectivity index (χ0) is 14.7. The summed E-state index contributed by atoms with van der Waals surface area (Å²) in [4.78, 5) is 13.5. The van der Waals surface area contributed by atoms with Gasteiger partial charge < -0.3 is 16.4 Å². The summed E-state index contributed by atoms with van der Waals surface area (Å²) < 4.78 is 0. The number of nitrogens with zero attached hydrogens (tertiary/aromatic N) is 1. The Hall–Kier alpha value is -2.14. The van der Waals surface area contributed by atoms with Crippen LogP contribution < -0.4 is 16.4 Å². The van der Waals surface area contributed by atoms with Gasteiger partial charge in [-0.05, 0) is 24.4 Å². The third-order valence-corrected chi connectivity index (χ3v) is 3.46. The minimum atomic E-state index is -0.352. The van der Waals surface area contributed by atoms with Crippen molar-refractivity contribution in [2.45, 2.75) is 6.92 Å². The molecule has 2 aromatic rings. The monoisotopic (exact) mass is 287 g/mol. The molecule has 0 bridgehead atoms. The van der Waals surface area contributed by atoms with Crippen molar-refractivity contribution in [2.75, 3.05) is 18.0 Å². The minimum absolute atomic E-state index is 0.187. The van der Waals surface area contributed by atoms with Crippen molar-refractivity contribution >= 4 is 39.6 Å². The Morgan fingerprint density at radius 3 is 2.35 bits per heavy atom. The summed E-state index contributed by atoms with van der Waals surface area (Å²) in [6.45, 7) is 2.87. The molecule has 4 N–H and O–H groups in total. The molecule has 0 heterocycles. The first-order valence-corrected chi connectivity index (χ1v) is 6.80. The van der Waals surface area contributed by atoms with E-state index in [0.717, 1.165) is 22.0 Å². The molecule has 104 valence electrons. The summed E-state index contributed by atoms with van der Waals surface area (Å²) in [7, 11) is 0. The standard InChI is InChI=1S/C15H17N3OS/c1-2-18(9-14(16)19)13-8-7-12(15(17)20)10-5-3-4-6-11(10)13/h3-8H,2,9H2,1H3,(H2,16,19)(H2,17,20). The van der Waals surface area contributed by atoms with Gasteiger partial charge in [-0.2, -0.15) is 0 Å². The van der Waals surface area contributed by atoms with Crippen LogP contribution in [0.3, 0.4) is 0 Å². The molecular formula is C15H17N3OS. The van der Waals surface area contributed by atoms with Crippen LogP contribution in [0.25, 0.3) is 10.8 Å². The Morgan fingerprint density at radius 2 is 1.80 bits per heavy atom. The zero-order valence-corrected chi connectivity index (χ0v) is 12.1. The molecule has 4 nitrogen and oxygen atoms in total. The molecule has 0 aliphatic heterocycles. The summed E-state index contributed by atoms with van der Waals surface area (Å²) in [5.41, 5.74) is 12.9. The lowest BCUT2D eigenvalue weighted by Crippen LogP contribution is -2.33. The summed E-state index contributed by atoms with van der Waals surface area (Å²) in [6.07, 6.45) is 0. The number of benzene rings is 2. The van der Waals surface area contributed by atoms with E-state index >= 15 is 0 Å². The minimum Gasteiger partial charge on any atom is -0.389 e. The Bertz CT molecular complexity index is 669. The van der Waals surface area contributed by atoms with Crippen LogP contribution in [0.2, 0.25) is 0 Å². The molecule has 0 unspecified atom stereocenters. The normalized spacial score (nSPS) is 10.4. The van der Waals surface area contributed by atoms with Crippen molar-refractivity contribution in [1.29, 1.82) is 0 Å². The van der Waals surface area contributed by atoms with E-state index < -0.39 is 0 Å². The third-order valence-electron chi connectivity index (χ3n) is 3.24. The Balaban J connectivity index is 2.63. The lowest BCUT2D eigenvalue weighted by Gasteiger charge is -2.24. The van der Waals surface area contributed by atoms with Gasteiger partial charge in [0.15, 0.2) is 0 Å². The van der Waals surface area contributed by atoms with E-state index in [4.69, 9.17) is 23.7 Å². The van der Waals surface area contributed by atoms with Crippen LogP contribution in [0, 0.1) is 0 Å². The second-order valence-electron chi connectivity index (χ2n) is 4.52. The first kappa shape index (κ1) is 14.3. The second-order valence-corrected chi connectivity index (χ2v) is 4.96. The maximum absolute atomic E-state index is 11.2. The number of hydrogen-bond acceptors (Lipinski definition) is 3. The maximum Gasteiger partial charge on any atom is 0.236 e. The molecule has 0 saturated heterocycles. The van der Waals surface area contributed by atoms with Gasteiger partial charge in [0.25, 0.3) is 0 Å². The van der Waals surface area contributed by atoms with E-state index in [1.54, 1.807) is 0 Å². The lowest BCUT2D eigenvalue weighted by molar-refractivity contribution is -0.116. The number of carbonyl (C=O) groups excluding carboxylic acids is 1. The zero-order valence-electron chi connectivity index (χ0n) is 11.3. The van der Waals surface area contributed by atoms with Crippen LogP contribution in [0.15, 0.2) is 36.4 Å². The summed E-state index contributed by atoms with van der Waals surface area (Å²) >= 11 is 5.09. The van der Waals surface area contributed by atoms with Crippen LogP contribution in [0.4, 0.5) is 5.69 Å². The van der Waals surface area contributed by atoms with E-state index in [9.17, 15) is 4.79 Å². The van der Waals surface area contributed by atoms with Gasteiger partial charge in [0.05, 0.1) is 6.54 Å². The Kier molecular flexibility index (Phi) is 4.20. The number of likely N-dealkylation sites (N-methyl/N-ethyl adjacent to an activating group) is 1. The molecule has 2 rings (SSSR count). The smallest absolute Gasteiger partial charge is 0.236 e. The van der Waals surface area contributed by atoms with Gasteiger partial charge in [-0.1, -0.05) is 36.5 Å². The predicted octanol–water partition coefficient (Wildman–Crippen LogP) is 1.79. The molecule has 0 atom stereocenters. The molecular weight excluding hydrogens is 270 g/mol. The highest BCUT2D eigenvalue weighted by Crippen LogP contribution is 2.29. The third kappa shape index (κ3) is 2.72. The summed E-state index contributed by atoms with van der Waals surface area (Å²) in [5, 5.41) is 2.00. The molecule has 0 spiro atoms. The van der Waals surface area contributed by atoms with E-state index in [2.05, 4.69) is 0 Å². The molecule has 20 heavy (non-hydrogen) atoms. The largest absolute Gasteiger partial charge is 0.389 e. The van der Waals surface area contributed by atoms with Gasteiger partial charge in [-0.3, -0.25) is 4.79 Å². The average molecular weight is 287 g/mol. The van der Waals surface area contributed by atoms with E-state index in [0.29, 0.717) is 11.5 Å². The number of amides is 1. The molecule has 0 aliphatic carbocycles. The summed E-state index contributed by atoms with van der Waals surface area (Å²) in [6, 6.07) is 11.7. The molecule has 5 heteroatoms. The maximum atomic E-state index is 11.2. The van der Waals surface area contributed by atoms with Gasteiger partial charge in [-0.15, -0.1) is 0 Å². The van der Waals surface area contributed by atoms with Gasteiger partial charge in [0.2, 0.25) is 5.91 Å². The molecule has 1 amide bonds. The highest BCUT2D eigenvalue weighted by molar-refractivity contribution is 7.80. The topological polar surface area (TPSA) is 72.3 Å². The van der Waals surface area contributed by atoms with Crippen molar-refractivity contribution in [3.05, 3.63) is 42.0 Å². The molecule has 0 aromatic heterocycles. The predicted molar refractivity (Wildman–Crippen MR) is 86.9 cm³/mol. The van der Waals surface area contributed by atoms with Crippen LogP contribution in [0.5, 0.6) is 0 Å².